The predicted octanol–water partition coefficient (Wildman–Crippen LogP) is 18.4. The Morgan fingerprint density at radius 3 is 1.79 bits per heavy atom. The quantitative estimate of drug-likeness (QED) is 0.156. The molecule has 14 rings (SSSR count). The molecule has 2 atom stereocenters. The van der Waals surface area contributed by atoms with Crippen LogP contribution in [-0.2, 0) is 5.41 Å². The number of rotatable bonds is 7. The number of nitrogens with zero attached hydrogens (tertiary/aromatic N) is 2. The van der Waals surface area contributed by atoms with Crippen molar-refractivity contribution in [3.63, 3.8) is 0 Å². The number of para-hydroxylation sites is 2. The molecule has 0 amide bonds. The van der Waals surface area contributed by atoms with Crippen molar-refractivity contribution in [2.24, 2.45) is 0 Å². The molecule has 9 aromatic carbocycles. The molecular weight excluding hydrogens is 861 g/mol. The van der Waals surface area contributed by atoms with E-state index in [4.69, 9.17) is 4.42 Å². The van der Waals surface area contributed by atoms with Gasteiger partial charge in [0.05, 0.1) is 22.1 Å². The van der Waals surface area contributed by atoms with Crippen molar-refractivity contribution in [2.75, 3.05) is 0 Å². The largest absolute Gasteiger partial charge is 0.460 e. The Balaban J connectivity index is 0.937. The highest BCUT2D eigenvalue weighted by molar-refractivity contribution is 6.14. The fraction of sp³-hybridized carbons (Fsp3) is 0.0882. The van der Waals surface area contributed by atoms with Crippen LogP contribution in [0.25, 0.3) is 111 Å². The highest BCUT2D eigenvalue weighted by Gasteiger charge is 2.33. The van der Waals surface area contributed by atoms with Crippen LogP contribution in [-0.4, -0.2) is 9.13 Å². The van der Waals surface area contributed by atoms with Crippen molar-refractivity contribution >= 4 is 71.9 Å². The summed E-state index contributed by atoms with van der Waals surface area (Å²) in [5.41, 5.74) is 20.4. The maximum absolute atomic E-state index is 6.80. The van der Waals surface area contributed by atoms with Crippen LogP contribution in [0.5, 0.6) is 0 Å². The molecule has 0 N–H and O–H groups in total. The summed E-state index contributed by atoms with van der Waals surface area (Å²) in [5, 5.41) is 6.14. The molecule has 71 heavy (non-hydrogen) atoms. The average molecular weight is 911 g/mol. The lowest BCUT2D eigenvalue weighted by Gasteiger charge is -2.34. The van der Waals surface area contributed by atoms with E-state index in [2.05, 4.69) is 260 Å². The molecule has 3 heterocycles. The van der Waals surface area contributed by atoms with Gasteiger partial charge in [-0.25, -0.2) is 0 Å². The Morgan fingerprint density at radius 2 is 1.03 bits per heavy atom. The Hall–Kier alpha value is -8.66. The van der Waals surface area contributed by atoms with E-state index in [1.54, 1.807) is 0 Å². The van der Waals surface area contributed by atoms with Crippen LogP contribution in [0.15, 0.2) is 235 Å². The number of aromatic nitrogens is 2. The molecule has 3 nitrogen and oxygen atoms in total. The number of hydrogen-bond donors (Lipinski definition) is 0. The molecular formula is C68H50N2O. The lowest BCUT2D eigenvalue weighted by atomic mass is 9.69. The highest BCUT2D eigenvalue weighted by Crippen LogP contribution is 2.48. The van der Waals surface area contributed by atoms with Crippen molar-refractivity contribution in [2.45, 2.75) is 38.0 Å². The van der Waals surface area contributed by atoms with Crippen LogP contribution in [0, 0.1) is 0 Å². The van der Waals surface area contributed by atoms with Gasteiger partial charge in [-0.1, -0.05) is 178 Å². The molecule has 0 bridgehead atoms. The van der Waals surface area contributed by atoms with E-state index in [1.807, 2.05) is 0 Å². The molecule has 2 aliphatic carbocycles. The summed E-state index contributed by atoms with van der Waals surface area (Å²) in [6, 6.07) is 78.1. The third kappa shape index (κ3) is 6.57. The monoisotopic (exact) mass is 910 g/mol. The molecule has 2 aliphatic rings. The van der Waals surface area contributed by atoms with Crippen molar-refractivity contribution in [3.8, 4) is 39.1 Å². The zero-order valence-corrected chi connectivity index (χ0v) is 39.8. The van der Waals surface area contributed by atoms with Crippen LogP contribution in [0.3, 0.4) is 0 Å². The fourth-order valence-electron chi connectivity index (χ4n) is 12.2. The van der Waals surface area contributed by atoms with Crippen LogP contribution >= 0.6 is 0 Å². The van der Waals surface area contributed by atoms with Gasteiger partial charge in [0, 0.05) is 55.2 Å². The lowest BCUT2D eigenvalue weighted by Crippen LogP contribution is -2.24. The maximum atomic E-state index is 6.80. The Bertz CT molecular complexity index is 4180. The second kappa shape index (κ2) is 16.2. The molecule has 0 fully saturated rings. The van der Waals surface area contributed by atoms with Crippen molar-refractivity contribution < 1.29 is 4.42 Å². The highest BCUT2D eigenvalue weighted by atomic mass is 16.3. The number of furan rings is 1. The van der Waals surface area contributed by atoms with Gasteiger partial charge < -0.3 is 13.6 Å². The summed E-state index contributed by atoms with van der Waals surface area (Å²) in [4.78, 5) is 0. The van der Waals surface area contributed by atoms with Gasteiger partial charge in [0.1, 0.15) is 11.3 Å². The van der Waals surface area contributed by atoms with Gasteiger partial charge in [-0.05, 0) is 136 Å². The van der Waals surface area contributed by atoms with Gasteiger partial charge in [-0.3, -0.25) is 0 Å². The first kappa shape index (κ1) is 41.3. The summed E-state index contributed by atoms with van der Waals surface area (Å²) in [7, 11) is 0. The third-order valence-electron chi connectivity index (χ3n) is 15.7. The summed E-state index contributed by atoms with van der Waals surface area (Å²) in [6.07, 6.45) is 11.1. The van der Waals surface area contributed by atoms with Gasteiger partial charge in [0.25, 0.3) is 0 Å². The van der Waals surface area contributed by atoms with Crippen LogP contribution in [0.2, 0.25) is 0 Å². The normalized spacial score (nSPS) is 16.8. The molecule has 3 heteroatoms. The summed E-state index contributed by atoms with van der Waals surface area (Å²) < 4.78 is 11.7. The fourth-order valence-corrected chi connectivity index (χ4v) is 12.2. The van der Waals surface area contributed by atoms with E-state index in [-0.39, 0.29) is 11.3 Å². The molecule has 0 saturated carbocycles. The standard InChI is InChI=1S/C68H50N2O/c1-44-38-52(43-60-59-40-47(32-36-66(59)71-67(44)60)46-29-33-63-56(39-46)55-26-14-15-28-62(55)69(63)51-22-10-5-11-23-51)70-64-34-30-48(54-25-13-12-24-53(54)45-18-6-3-7-19-45)41-57(64)58-42-49(31-35-65(58)70)61-27-16-17-37-68(61,2)50-20-8-4-9-21-50/h3-36,39-44H,37-38H2,1-2H3. The summed E-state index contributed by atoms with van der Waals surface area (Å²) >= 11 is 0. The zero-order valence-electron chi connectivity index (χ0n) is 39.8. The number of allylic oxidation sites excluding steroid dienone is 5. The number of hydrogen-bond acceptors (Lipinski definition) is 1. The Morgan fingerprint density at radius 1 is 0.479 bits per heavy atom. The predicted molar refractivity (Wildman–Crippen MR) is 299 cm³/mol. The maximum Gasteiger partial charge on any atom is 0.134 e. The van der Waals surface area contributed by atoms with Crippen LogP contribution < -0.4 is 0 Å². The van der Waals surface area contributed by atoms with Crippen molar-refractivity contribution in [1.29, 1.82) is 0 Å². The smallest absolute Gasteiger partial charge is 0.134 e. The molecule has 0 saturated heterocycles. The van der Waals surface area contributed by atoms with E-state index < -0.39 is 0 Å². The second-order valence-corrected chi connectivity index (χ2v) is 19.9. The number of benzene rings is 9. The van der Waals surface area contributed by atoms with E-state index in [9.17, 15) is 0 Å². The molecule has 2 unspecified atom stereocenters. The molecule has 0 radical (unpaired) electrons. The third-order valence-corrected chi connectivity index (χ3v) is 15.7. The second-order valence-electron chi connectivity index (χ2n) is 19.9. The van der Waals surface area contributed by atoms with Gasteiger partial charge in [0.15, 0.2) is 0 Å². The molecule has 0 aliphatic heterocycles. The lowest BCUT2D eigenvalue weighted by molar-refractivity contribution is 0.504. The zero-order chi connectivity index (χ0) is 47.2. The first-order chi connectivity index (χ1) is 35.0. The van der Waals surface area contributed by atoms with E-state index in [1.165, 1.54) is 105 Å². The van der Waals surface area contributed by atoms with E-state index in [0.29, 0.717) is 0 Å². The molecule has 0 spiro atoms. The SMILES string of the molecule is CC1CC(n2c3ccc(C4=CC=CCC4(C)c4ccccc4)cc3c3cc(-c4ccccc4-c4ccccc4)ccc32)=Cc2c1oc1ccc(-c3ccc4c(c3)c3ccccc3n4-c3ccccc3)cc21. The minimum absolute atomic E-state index is 0.159. The van der Waals surface area contributed by atoms with E-state index >= 15 is 0 Å². The van der Waals surface area contributed by atoms with Gasteiger partial charge in [0.2, 0.25) is 0 Å². The molecule has 3 aromatic heterocycles. The van der Waals surface area contributed by atoms with Gasteiger partial charge >= 0.3 is 0 Å². The summed E-state index contributed by atoms with van der Waals surface area (Å²) in [5.74, 6) is 1.23. The average Bonchev–Trinajstić information content (AvgIpc) is 4.09. The first-order valence-corrected chi connectivity index (χ1v) is 25.0. The molecule has 12 aromatic rings. The van der Waals surface area contributed by atoms with Crippen molar-refractivity contribution in [1.82, 2.24) is 9.13 Å². The van der Waals surface area contributed by atoms with E-state index in [0.717, 1.165) is 35.3 Å². The number of fused-ring (bicyclic) bond motifs is 9. The first-order valence-electron chi connectivity index (χ1n) is 25.0. The molecule has 338 valence electrons. The Labute approximate surface area is 413 Å². The van der Waals surface area contributed by atoms with Crippen LogP contribution in [0.1, 0.15) is 55.1 Å². The summed E-state index contributed by atoms with van der Waals surface area (Å²) in [6.45, 7) is 4.72. The minimum Gasteiger partial charge on any atom is -0.460 e. The van der Waals surface area contributed by atoms with Gasteiger partial charge in [-0.15, -0.1) is 0 Å². The Kier molecular flexibility index (Phi) is 9.44. The van der Waals surface area contributed by atoms with Gasteiger partial charge in [-0.2, -0.15) is 0 Å². The van der Waals surface area contributed by atoms with Crippen molar-refractivity contribution in [3.05, 3.63) is 253 Å². The minimum atomic E-state index is -0.159. The van der Waals surface area contributed by atoms with Crippen LogP contribution in [0.4, 0.5) is 0 Å². The topological polar surface area (TPSA) is 23.0 Å².